The number of anilines is 3. The zero-order chi connectivity index (χ0) is 33.3. The van der Waals surface area contributed by atoms with E-state index >= 15 is 0 Å². The number of nitrogens with zero attached hydrogens (tertiary/aromatic N) is 3. The van der Waals surface area contributed by atoms with Gasteiger partial charge in [0.2, 0.25) is 0 Å². The summed E-state index contributed by atoms with van der Waals surface area (Å²) in [7, 11) is -1.84. The third-order valence-electron chi connectivity index (χ3n) is 8.97. The Labute approximate surface area is 277 Å². The number of hydrogen-bond acceptors (Lipinski definition) is 7. The monoisotopic (exact) mass is 656 g/mol. The Morgan fingerprint density at radius 3 is 2.47 bits per heavy atom. The molecule has 10 nitrogen and oxygen atoms in total. The highest BCUT2D eigenvalue weighted by atomic mass is 32.2. The van der Waals surface area contributed by atoms with Crippen LogP contribution in [0.5, 0.6) is 5.75 Å². The van der Waals surface area contributed by atoms with Crippen molar-refractivity contribution in [3.8, 4) is 11.4 Å². The number of rotatable bonds is 7. The molecule has 0 spiro atoms. The number of fused-ring (bicyclic) bond motifs is 1. The molecule has 47 heavy (non-hydrogen) atoms. The van der Waals surface area contributed by atoms with Gasteiger partial charge < -0.3 is 20.3 Å². The fourth-order valence-corrected chi connectivity index (χ4v) is 8.41. The van der Waals surface area contributed by atoms with Crippen LogP contribution < -0.4 is 25.6 Å². The highest BCUT2D eigenvalue weighted by Gasteiger charge is 2.37. The number of sulfone groups is 1. The molecule has 0 radical (unpaired) electrons. The lowest BCUT2D eigenvalue weighted by molar-refractivity contribution is 0.262. The van der Waals surface area contributed by atoms with Crippen molar-refractivity contribution in [2.24, 2.45) is 5.92 Å². The van der Waals surface area contributed by atoms with Crippen LogP contribution in [-0.2, 0) is 15.3 Å². The zero-order valence-corrected chi connectivity index (χ0v) is 28.5. The Bertz CT molecular complexity index is 1860. The predicted octanol–water partition coefficient (Wildman–Crippen LogP) is 6.47. The second kappa shape index (κ2) is 13.0. The van der Waals surface area contributed by atoms with Crippen LogP contribution in [0.3, 0.4) is 0 Å². The summed E-state index contributed by atoms with van der Waals surface area (Å²) in [4.78, 5) is 15.7. The van der Waals surface area contributed by atoms with E-state index < -0.39 is 21.1 Å². The second-order valence-electron chi connectivity index (χ2n) is 13.6. The lowest BCUT2D eigenvalue weighted by atomic mass is 9.90. The second-order valence-corrected chi connectivity index (χ2v) is 15.6. The van der Waals surface area contributed by atoms with Gasteiger partial charge in [-0.15, -0.1) is 0 Å². The van der Waals surface area contributed by atoms with Gasteiger partial charge in [0.05, 0.1) is 33.8 Å². The summed E-state index contributed by atoms with van der Waals surface area (Å²) in [5.74, 6) is 1.02. The average Bonchev–Trinajstić information content (AvgIpc) is 3.46. The Morgan fingerprint density at radius 1 is 1.00 bits per heavy atom. The number of amides is 2. The van der Waals surface area contributed by atoms with Crippen molar-refractivity contribution < 1.29 is 17.9 Å². The van der Waals surface area contributed by atoms with Gasteiger partial charge in [-0.1, -0.05) is 50.6 Å². The van der Waals surface area contributed by atoms with Crippen LogP contribution in [0.25, 0.3) is 5.69 Å². The van der Waals surface area contributed by atoms with Crippen LogP contribution >= 0.6 is 0 Å². The summed E-state index contributed by atoms with van der Waals surface area (Å²) in [5.41, 5.74) is 4.59. The fourth-order valence-electron chi connectivity index (χ4n) is 6.31. The molecule has 3 heterocycles. The van der Waals surface area contributed by atoms with Crippen molar-refractivity contribution in [1.82, 2.24) is 15.1 Å². The summed E-state index contributed by atoms with van der Waals surface area (Å²) in [6.45, 7) is 11.0. The molecule has 6 rings (SSSR count). The quantitative estimate of drug-likeness (QED) is 0.209. The van der Waals surface area contributed by atoms with Gasteiger partial charge in [-0.3, -0.25) is 5.32 Å². The molecule has 1 aromatic heterocycles. The maximum atomic E-state index is 14.5. The third-order valence-corrected chi connectivity index (χ3v) is 11.2. The number of carbonyl (C=O) groups excluding carboxylic acids is 1. The number of ether oxygens (including phenoxy) is 1. The Morgan fingerprint density at radius 2 is 1.74 bits per heavy atom. The Hall–Kier alpha value is -4.35. The number of piperidine rings is 1. The molecular weight excluding hydrogens is 613 g/mol. The van der Waals surface area contributed by atoms with Gasteiger partial charge in [-0.2, -0.15) is 5.10 Å². The van der Waals surface area contributed by atoms with Crippen molar-refractivity contribution in [3.05, 3.63) is 89.6 Å². The van der Waals surface area contributed by atoms with Crippen LogP contribution in [0.15, 0.2) is 77.7 Å². The minimum Gasteiger partial charge on any atom is -0.490 e. The SMILES string of the molecule is Cc1ccc(-n2nc(C(C)(C)C)cc2NC(=O)Nc2cccc(C(C3CCNCC3)S(=O)(=O)c3ccc4c(c3)OCCN4C)c2)cc1. The van der Waals surface area contributed by atoms with Gasteiger partial charge >= 0.3 is 6.03 Å². The standard InChI is InChI=1S/C36H44N6O4S/c1-24-9-11-28(12-10-24)42-33(23-32(40-42)36(2,3)4)39-35(43)38-27-8-6-7-26(21-27)34(25-15-17-37-18-16-25)47(44,45)29-13-14-30-31(22-29)46-20-19-41(30)5/h6-14,21-23,25,34,37H,15-20H2,1-5H3,(H2,38,39,43). The molecule has 2 aliphatic heterocycles. The number of likely N-dealkylation sites (N-methyl/N-ethyl adjacent to an activating group) is 1. The number of hydrogen-bond donors (Lipinski definition) is 3. The van der Waals surface area contributed by atoms with E-state index in [1.54, 1.807) is 35.0 Å². The number of aromatic nitrogens is 2. The minimum atomic E-state index is -3.82. The van der Waals surface area contributed by atoms with Crippen molar-refractivity contribution in [3.63, 3.8) is 0 Å². The van der Waals surface area contributed by atoms with Gasteiger partial charge in [0, 0.05) is 30.3 Å². The van der Waals surface area contributed by atoms with Crippen molar-refractivity contribution >= 4 is 33.1 Å². The lowest BCUT2D eigenvalue weighted by Gasteiger charge is -2.32. The van der Waals surface area contributed by atoms with Crippen molar-refractivity contribution in [2.75, 3.05) is 48.8 Å². The molecule has 3 aromatic carbocycles. The first-order valence-corrected chi connectivity index (χ1v) is 17.7. The van der Waals surface area contributed by atoms with E-state index in [0.29, 0.717) is 29.4 Å². The highest BCUT2D eigenvalue weighted by molar-refractivity contribution is 7.91. The molecular formula is C36H44N6O4S. The van der Waals surface area contributed by atoms with Gasteiger partial charge in [-0.25, -0.2) is 17.9 Å². The number of aryl methyl sites for hydroxylation is 1. The predicted molar refractivity (Wildman–Crippen MR) is 187 cm³/mol. The Kier molecular flexibility index (Phi) is 9.04. The molecule has 1 atom stereocenters. The molecule has 3 N–H and O–H groups in total. The zero-order valence-electron chi connectivity index (χ0n) is 27.7. The average molecular weight is 657 g/mol. The maximum Gasteiger partial charge on any atom is 0.324 e. The lowest BCUT2D eigenvalue weighted by Crippen LogP contribution is -2.34. The first kappa shape index (κ1) is 32.6. The van der Waals surface area contributed by atoms with Crippen molar-refractivity contribution in [1.29, 1.82) is 0 Å². The summed E-state index contributed by atoms with van der Waals surface area (Å²) in [5, 5.41) is 13.3. The van der Waals surface area contributed by atoms with Crippen LogP contribution in [0.2, 0.25) is 0 Å². The summed E-state index contributed by atoms with van der Waals surface area (Å²) in [6.07, 6.45) is 1.46. The number of carbonyl (C=O) groups is 1. The molecule has 2 aliphatic rings. The van der Waals surface area contributed by atoms with E-state index in [0.717, 1.165) is 55.1 Å². The summed E-state index contributed by atoms with van der Waals surface area (Å²) in [6, 6.07) is 21.8. The maximum absolute atomic E-state index is 14.5. The molecule has 2 amide bonds. The first-order chi connectivity index (χ1) is 22.4. The topological polar surface area (TPSA) is 118 Å². The molecule has 0 aliphatic carbocycles. The summed E-state index contributed by atoms with van der Waals surface area (Å²) >= 11 is 0. The molecule has 1 unspecified atom stereocenters. The smallest absolute Gasteiger partial charge is 0.324 e. The largest absolute Gasteiger partial charge is 0.490 e. The van der Waals surface area contributed by atoms with E-state index in [9.17, 15) is 13.2 Å². The van der Waals surface area contributed by atoms with Crippen molar-refractivity contribution in [2.45, 2.75) is 56.1 Å². The molecule has 11 heteroatoms. The highest BCUT2D eigenvalue weighted by Crippen LogP contribution is 2.42. The first-order valence-electron chi connectivity index (χ1n) is 16.2. The van der Waals surface area contributed by atoms with Crippen LogP contribution in [0.4, 0.5) is 22.0 Å². The summed E-state index contributed by atoms with van der Waals surface area (Å²) < 4.78 is 36.5. The van der Waals surface area contributed by atoms with E-state index in [-0.39, 0.29) is 16.2 Å². The number of nitrogens with one attached hydrogen (secondary N) is 3. The van der Waals surface area contributed by atoms with Gasteiger partial charge in [0.1, 0.15) is 18.2 Å². The van der Waals surface area contributed by atoms with Crippen LogP contribution in [0, 0.1) is 12.8 Å². The minimum absolute atomic E-state index is 0.0929. The van der Waals surface area contributed by atoms with Crippen LogP contribution in [-0.4, -0.2) is 57.5 Å². The molecule has 1 fully saturated rings. The van der Waals surface area contributed by atoms with E-state index in [2.05, 4.69) is 41.6 Å². The Balaban J connectivity index is 1.29. The fraction of sp³-hybridized carbons (Fsp3) is 0.389. The van der Waals surface area contributed by atoms with Crippen LogP contribution in [0.1, 0.15) is 55.7 Å². The normalized spacial score (nSPS) is 16.2. The van der Waals surface area contributed by atoms with E-state index in [4.69, 9.17) is 9.84 Å². The van der Waals surface area contributed by atoms with Gasteiger partial charge in [0.25, 0.3) is 0 Å². The van der Waals surface area contributed by atoms with E-state index in [1.165, 1.54) is 0 Å². The van der Waals surface area contributed by atoms with Gasteiger partial charge in [0.15, 0.2) is 9.84 Å². The molecule has 4 aromatic rings. The molecule has 1 saturated heterocycles. The molecule has 0 saturated carbocycles. The third kappa shape index (κ3) is 7.01. The molecule has 248 valence electrons. The number of urea groups is 1. The number of benzene rings is 3. The van der Waals surface area contributed by atoms with E-state index in [1.807, 2.05) is 56.4 Å². The van der Waals surface area contributed by atoms with Gasteiger partial charge in [-0.05, 0) is 80.7 Å². The molecule has 0 bridgehead atoms.